The van der Waals surface area contributed by atoms with E-state index in [2.05, 4.69) is 11.9 Å². The molecule has 1 aliphatic rings. The van der Waals surface area contributed by atoms with Crippen molar-refractivity contribution in [2.45, 2.75) is 13.0 Å². The predicted octanol–water partition coefficient (Wildman–Crippen LogP) is 2.09. The average Bonchev–Trinajstić information content (AvgIpc) is 2.47. The second-order valence-corrected chi connectivity index (χ2v) is 4.35. The van der Waals surface area contributed by atoms with Gasteiger partial charge in [-0.3, -0.25) is 0 Å². The summed E-state index contributed by atoms with van der Waals surface area (Å²) in [6.07, 6.45) is 2.20. The smallest absolute Gasteiger partial charge is 0.337 e. The number of hydrogen-bond acceptors (Lipinski definition) is 4. The van der Waals surface area contributed by atoms with Gasteiger partial charge in [-0.25, -0.2) is 4.79 Å². The van der Waals surface area contributed by atoms with E-state index in [1.165, 1.54) is 12.1 Å². The van der Waals surface area contributed by atoms with Crippen molar-refractivity contribution in [2.24, 2.45) is 0 Å². The van der Waals surface area contributed by atoms with E-state index in [4.69, 9.17) is 9.52 Å². The van der Waals surface area contributed by atoms with Crippen LogP contribution in [0, 0.1) is 0 Å². The molecule has 5 nitrogen and oxygen atoms in total. The van der Waals surface area contributed by atoms with Gasteiger partial charge in [0.15, 0.2) is 0 Å². The van der Waals surface area contributed by atoms with E-state index in [-0.39, 0.29) is 50.7 Å². The fraction of sp³-hybridized carbons (Fsp3) is 0.267. The van der Waals surface area contributed by atoms with Crippen molar-refractivity contribution in [1.29, 1.82) is 0 Å². The Bertz CT molecular complexity index is 681. The summed E-state index contributed by atoms with van der Waals surface area (Å²) in [7, 11) is 0. The van der Waals surface area contributed by atoms with E-state index in [9.17, 15) is 9.90 Å². The minimum atomic E-state index is -0.337. The third-order valence-corrected chi connectivity index (χ3v) is 3.02. The summed E-state index contributed by atoms with van der Waals surface area (Å²) in [4.78, 5) is 11.7. The molecule has 6 heteroatoms. The van der Waals surface area contributed by atoms with E-state index in [0.29, 0.717) is 17.7 Å². The van der Waals surface area contributed by atoms with Gasteiger partial charge in [-0.05, 0) is 24.1 Å². The van der Waals surface area contributed by atoms with Crippen LogP contribution in [-0.4, -0.2) is 23.4 Å². The van der Waals surface area contributed by atoms with Crippen LogP contribution in [0.15, 0.2) is 40.1 Å². The molecule has 0 fully saturated rings. The zero-order valence-corrected chi connectivity index (χ0v) is 14.4. The molecule has 109 valence electrons. The summed E-state index contributed by atoms with van der Waals surface area (Å²) >= 11 is 0. The van der Waals surface area contributed by atoms with Gasteiger partial charge in [-0.2, -0.15) is 0 Å². The molecule has 21 heavy (non-hydrogen) atoms. The van der Waals surface area contributed by atoms with Crippen LogP contribution in [0.3, 0.4) is 0 Å². The van der Waals surface area contributed by atoms with Gasteiger partial charge in [0.05, 0.1) is 6.61 Å². The Morgan fingerprint density at radius 1 is 1.38 bits per heavy atom. The minimum absolute atomic E-state index is 0. The predicted molar refractivity (Wildman–Crippen MR) is 77.1 cm³/mol. The topological polar surface area (TPSA) is 84.8 Å². The Morgan fingerprint density at radius 2 is 2.10 bits per heavy atom. The van der Waals surface area contributed by atoms with Crippen molar-refractivity contribution in [3.05, 3.63) is 57.7 Å². The largest absolute Gasteiger partial charge is 0.658 e. The third kappa shape index (κ3) is 4.23. The molecule has 3 rings (SSSR count). The second-order valence-electron chi connectivity index (χ2n) is 4.35. The van der Waals surface area contributed by atoms with Crippen LogP contribution in [-0.2, 0) is 45.7 Å². The zero-order chi connectivity index (χ0) is 14.5. The molecule has 0 spiro atoms. The van der Waals surface area contributed by atoms with Crippen LogP contribution in [0.25, 0.3) is 16.3 Å². The van der Waals surface area contributed by atoms with Crippen LogP contribution < -0.4 is 5.63 Å². The van der Waals surface area contributed by atoms with E-state index in [1.54, 1.807) is 12.1 Å². The standard InChI is InChI=1S/C12H10NO3.C3H6O.Y/c14-7-1-2-9-8-3-4-13-6-10(8)12(15)16-11(9)5-7;1-2-3-4;/h1-2,5,14H,3-4,6H2;2,4H,1,3H2;/q-1;;. The zero-order valence-electron chi connectivity index (χ0n) is 11.6. The molecular weight excluding hydrogens is 347 g/mol. The Morgan fingerprint density at radius 3 is 2.76 bits per heavy atom. The van der Waals surface area contributed by atoms with Crippen molar-refractivity contribution in [2.75, 3.05) is 13.2 Å². The quantitative estimate of drug-likeness (QED) is 0.600. The number of aliphatic hydroxyl groups is 1. The number of fused-ring (bicyclic) bond motifs is 3. The van der Waals surface area contributed by atoms with Gasteiger partial charge in [0.1, 0.15) is 11.3 Å². The number of aliphatic hydroxyl groups excluding tert-OH is 1. The molecule has 0 unspecified atom stereocenters. The summed E-state index contributed by atoms with van der Waals surface area (Å²) in [6.45, 7) is 4.49. The Kier molecular flexibility index (Phi) is 7.25. The molecule has 0 saturated heterocycles. The number of benzene rings is 1. The Labute approximate surface area is 147 Å². The molecule has 1 radical (unpaired) electrons. The van der Waals surface area contributed by atoms with Gasteiger partial charge in [0.25, 0.3) is 0 Å². The van der Waals surface area contributed by atoms with Gasteiger partial charge in [0, 0.05) is 49.7 Å². The minimum Gasteiger partial charge on any atom is -0.658 e. The molecule has 0 amide bonds. The molecule has 2 N–H and O–H groups in total. The summed E-state index contributed by atoms with van der Waals surface area (Å²) in [5, 5.41) is 22.2. The summed E-state index contributed by atoms with van der Waals surface area (Å²) in [5.74, 6) is 0.107. The molecule has 2 aromatic rings. The molecule has 1 aromatic carbocycles. The van der Waals surface area contributed by atoms with Gasteiger partial charge in [-0.15, -0.1) is 19.7 Å². The third-order valence-electron chi connectivity index (χ3n) is 3.02. The monoisotopic (exact) mass is 363 g/mol. The Balaban J connectivity index is 0.000000397. The average molecular weight is 363 g/mol. The molecule has 0 aliphatic carbocycles. The van der Waals surface area contributed by atoms with E-state index >= 15 is 0 Å². The van der Waals surface area contributed by atoms with E-state index < -0.39 is 0 Å². The first kappa shape index (κ1) is 18.0. The van der Waals surface area contributed by atoms with Crippen molar-refractivity contribution in [3.8, 4) is 5.75 Å². The SMILES string of the molecule is C=CCO.O=c1oc2cc(O)ccc2c2c1C[N-]CC2.[Y]. The summed E-state index contributed by atoms with van der Waals surface area (Å²) in [6, 6.07) is 4.87. The number of phenols is 1. The van der Waals surface area contributed by atoms with Gasteiger partial charge >= 0.3 is 5.63 Å². The van der Waals surface area contributed by atoms with Gasteiger partial charge in [0.2, 0.25) is 0 Å². The van der Waals surface area contributed by atoms with Crippen molar-refractivity contribution in [3.63, 3.8) is 0 Å². The maximum Gasteiger partial charge on any atom is 0.337 e. The van der Waals surface area contributed by atoms with Crippen LogP contribution >= 0.6 is 0 Å². The molecule has 1 aliphatic heterocycles. The van der Waals surface area contributed by atoms with Gasteiger partial charge < -0.3 is 19.9 Å². The first-order valence-electron chi connectivity index (χ1n) is 6.30. The number of aromatic hydroxyl groups is 1. The van der Waals surface area contributed by atoms with Gasteiger partial charge in [-0.1, -0.05) is 6.08 Å². The maximum absolute atomic E-state index is 11.7. The fourth-order valence-electron chi connectivity index (χ4n) is 2.12. The van der Waals surface area contributed by atoms with Crippen molar-refractivity contribution < 1.29 is 47.3 Å². The molecule has 0 atom stereocenters. The first-order chi connectivity index (χ1) is 9.67. The number of hydrogen-bond donors (Lipinski definition) is 2. The van der Waals surface area contributed by atoms with Crippen LogP contribution in [0.4, 0.5) is 0 Å². The number of rotatable bonds is 1. The Hall–Kier alpha value is -1.01. The molecule has 1 aromatic heterocycles. The van der Waals surface area contributed by atoms with Crippen LogP contribution in [0.2, 0.25) is 0 Å². The van der Waals surface area contributed by atoms with Crippen LogP contribution in [0.1, 0.15) is 11.1 Å². The number of phenolic OH excluding ortho intramolecular Hbond substituents is 1. The van der Waals surface area contributed by atoms with E-state index in [1.807, 2.05) is 0 Å². The molecule has 2 heterocycles. The van der Waals surface area contributed by atoms with Crippen molar-refractivity contribution >= 4 is 11.0 Å². The molecule has 0 saturated carbocycles. The summed E-state index contributed by atoms with van der Waals surface area (Å²) < 4.78 is 5.17. The molecule has 0 bridgehead atoms. The van der Waals surface area contributed by atoms with E-state index in [0.717, 1.165) is 23.9 Å². The second kappa shape index (κ2) is 8.44. The first-order valence-corrected chi connectivity index (χ1v) is 6.30. The number of nitrogens with zero attached hydrogens (tertiary/aromatic N) is 1. The summed E-state index contributed by atoms with van der Waals surface area (Å²) in [5.41, 5.74) is 1.79. The van der Waals surface area contributed by atoms with Crippen LogP contribution in [0.5, 0.6) is 5.75 Å². The normalized spacial score (nSPS) is 12.6. The maximum atomic E-state index is 11.7. The fourth-order valence-corrected chi connectivity index (χ4v) is 2.12. The van der Waals surface area contributed by atoms with Crippen molar-refractivity contribution in [1.82, 2.24) is 0 Å². The molecular formula is C15H16NO4Y-.